The van der Waals surface area contributed by atoms with Crippen LogP contribution in [0.15, 0.2) is 23.1 Å². The first-order valence-electron chi connectivity index (χ1n) is 7.34. The molecule has 0 saturated carbocycles. The average molecular weight is 303 g/mol. The molecule has 1 aromatic rings. The zero-order chi connectivity index (χ0) is 15.3. The fraction of sp³-hybridized carbons (Fsp3) is 0.556. The van der Waals surface area contributed by atoms with Gasteiger partial charge in [0.25, 0.3) is 0 Å². The Labute approximate surface area is 129 Å². The van der Waals surface area contributed by atoms with Crippen LogP contribution in [0.1, 0.15) is 39.2 Å². The van der Waals surface area contributed by atoms with E-state index in [9.17, 15) is 0 Å². The van der Waals surface area contributed by atoms with Crippen molar-refractivity contribution in [1.29, 1.82) is 0 Å². The Hall–Kier alpha value is -0.653. The maximum absolute atomic E-state index is 5.87. The van der Waals surface area contributed by atoms with Gasteiger partial charge in [-0.2, -0.15) is 0 Å². The number of hydrogen-bond donors (Lipinski definition) is 0. The smallest absolute Gasteiger partial charge is 0.0837 e. The standard InChI is InChI=1S/C18H26SSi/c1-9-18(5)17(3,4)13(2)15-12-14(20(6,7)8)10-11-16(15)19-18/h1,10-13H,2-8H3. The highest BCUT2D eigenvalue weighted by molar-refractivity contribution is 8.01. The summed E-state index contributed by atoms with van der Waals surface area (Å²) in [7, 11) is -1.26. The van der Waals surface area contributed by atoms with Gasteiger partial charge in [0.15, 0.2) is 0 Å². The molecule has 2 heteroatoms. The van der Waals surface area contributed by atoms with Gasteiger partial charge in [-0.05, 0) is 29.9 Å². The predicted octanol–water partition coefficient (Wildman–Crippen LogP) is 4.86. The van der Waals surface area contributed by atoms with Gasteiger partial charge in [0, 0.05) is 4.90 Å². The Bertz CT molecular complexity index is 574. The molecule has 0 N–H and O–H groups in total. The molecule has 2 unspecified atom stereocenters. The highest BCUT2D eigenvalue weighted by Crippen LogP contribution is 2.58. The summed E-state index contributed by atoms with van der Waals surface area (Å²) in [6, 6.07) is 7.08. The topological polar surface area (TPSA) is 0 Å². The van der Waals surface area contributed by atoms with Crippen LogP contribution in [0.2, 0.25) is 19.6 Å². The Balaban J connectivity index is 2.60. The van der Waals surface area contributed by atoms with Crippen molar-refractivity contribution in [2.24, 2.45) is 5.41 Å². The van der Waals surface area contributed by atoms with E-state index in [1.165, 1.54) is 10.5 Å². The lowest BCUT2D eigenvalue weighted by Crippen LogP contribution is -2.45. The van der Waals surface area contributed by atoms with Crippen LogP contribution in [0.3, 0.4) is 0 Å². The van der Waals surface area contributed by atoms with E-state index in [1.807, 2.05) is 11.8 Å². The lowest BCUT2D eigenvalue weighted by Gasteiger charge is -2.49. The van der Waals surface area contributed by atoms with Crippen molar-refractivity contribution in [3.8, 4) is 12.3 Å². The summed E-state index contributed by atoms with van der Waals surface area (Å²) in [5.41, 5.74) is 1.59. The highest BCUT2D eigenvalue weighted by Gasteiger charge is 2.49. The third-order valence-corrected chi connectivity index (χ3v) is 8.93. The van der Waals surface area contributed by atoms with E-state index < -0.39 is 8.07 Å². The van der Waals surface area contributed by atoms with Gasteiger partial charge >= 0.3 is 0 Å². The fourth-order valence-electron chi connectivity index (χ4n) is 2.82. The monoisotopic (exact) mass is 302 g/mol. The minimum Gasteiger partial charge on any atom is -0.119 e. The lowest BCUT2D eigenvalue weighted by molar-refractivity contribution is 0.251. The minimum absolute atomic E-state index is 0.0947. The van der Waals surface area contributed by atoms with E-state index >= 15 is 0 Å². The largest absolute Gasteiger partial charge is 0.119 e. The first kappa shape index (κ1) is 15.7. The maximum Gasteiger partial charge on any atom is 0.0837 e. The Kier molecular flexibility index (Phi) is 3.68. The number of hydrogen-bond acceptors (Lipinski definition) is 1. The Morgan fingerprint density at radius 2 is 1.80 bits per heavy atom. The van der Waals surface area contributed by atoms with E-state index in [2.05, 4.69) is 71.5 Å². The third kappa shape index (κ3) is 2.25. The number of terminal acetylenes is 1. The van der Waals surface area contributed by atoms with Crippen LogP contribution in [0.4, 0.5) is 0 Å². The van der Waals surface area contributed by atoms with Gasteiger partial charge in [0.1, 0.15) is 0 Å². The van der Waals surface area contributed by atoms with Crippen LogP contribution in [0.5, 0.6) is 0 Å². The molecule has 0 nitrogen and oxygen atoms in total. The maximum atomic E-state index is 5.87. The van der Waals surface area contributed by atoms with Crippen LogP contribution < -0.4 is 5.19 Å². The Morgan fingerprint density at radius 3 is 2.30 bits per heavy atom. The fourth-order valence-corrected chi connectivity index (χ4v) is 5.42. The van der Waals surface area contributed by atoms with Crippen LogP contribution in [0, 0.1) is 17.8 Å². The molecule has 0 aliphatic carbocycles. The van der Waals surface area contributed by atoms with Crippen molar-refractivity contribution in [2.45, 2.75) is 62.9 Å². The van der Waals surface area contributed by atoms with Crippen LogP contribution in [-0.2, 0) is 0 Å². The van der Waals surface area contributed by atoms with Crippen LogP contribution >= 0.6 is 11.8 Å². The van der Waals surface area contributed by atoms with Crippen molar-refractivity contribution in [2.75, 3.05) is 0 Å². The van der Waals surface area contributed by atoms with Crippen molar-refractivity contribution in [3.63, 3.8) is 0 Å². The first-order valence-corrected chi connectivity index (χ1v) is 11.7. The molecule has 2 atom stereocenters. The quantitative estimate of drug-likeness (QED) is 0.527. The molecule has 1 aliphatic rings. The number of thioether (sulfide) groups is 1. The second-order valence-corrected chi connectivity index (χ2v) is 14.3. The van der Waals surface area contributed by atoms with E-state index in [0.717, 1.165) is 0 Å². The molecule has 1 heterocycles. The minimum atomic E-state index is -1.26. The van der Waals surface area contributed by atoms with E-state index in [1.54, 1.807) is 5.19 Å². The normalized spacial score (nSPS) is 28.6. The van der Waals surface area contributed by atoms with Gasteiger partial charge in [-0.25, -0.2) is 0 Å². The van der Waals surface area contributed by atoms with Crippen molar-refractivity contribution < 1.29 is 0 Å². The van der Waals surface area contributed by atoms with Crippen molar-refractivity contribution in [3.05, 3.63) is 23.8 Å². The molecule has 108 valence electrons. The molecule has 1 aliphatic heterocycles. The summed E-state index contributed by atoms with van der Waals surface area (Å²) in [6.45, 7) is 16.4. The number of fused-ring (bicyclic) bond motifs is 1. The second-order valence-electron chi connectivity index (χ2n) is 7.73. The average Bonchev–Trinajstić information content (AvgIpc) is 2.35. The zero-order valence-electron chi connectivity index (χ0n) is 13.8. The van der Waals surface area contributed by atoms with E-state index in [4.69, 9.17) is 6.42 Å². The molecule has 1 aromatic carbocycles. The molecular formula is C18H26SSi. The van der Waals surface area contributed by atoms with Gasteiger partial charge in [0.05, 0.1) is 12.8 Å². The number of benzene rings is 1. The third-order valence-electron chi connectivity index (χ3n) is 5.24. The predicted molar refractivity (Wildman–Crippen MR) is 94.7 cm³/mol. The summed E-state index contributed by atoms with van der Waals surface area (Å²) in [6.07, 6.45) is 5.87. The van der Waals surface area contributed by atoms with Crippen LogP contribution in [-0.4, -0.2) is 12.8 Å². The van der Waals surface area contributed by atoms with Gasteiger partial charge in [0.2, 0.25) is 0 Å². The number of rotatable bonds is 1. The summed E-state index contributed by atoms with van der Waals surface area (Å²) >= 11 is 1.87. The second kappa shape index (κ2) is 4.68. The molecule has 0 saturated heterocycles. The lowest BCUT2D eigenvalue weighted by atomic mass is 9.67. The molecule has 2 rings (SSSR count). The molecule has 0 fully saturated rings. The van der Waals surface area contributed by atoms with Crippen LogP contribution in [0.25, 0.3) is 0 Å². The summed E-state index contributed by atoms with van der Waals surface area (Å²) in [5.74, 6) is 3.54. The zero-order valence-corrected chi connectivity index (χ0v) is 15.6. The molecule has 0 bridgehead atoms. The van der Waals surface area contributed by atoms with Gasteiger partial charge in [-0.3, -0.25) is 0 Å². The molecule has 0 spiro atoms. The highest BCUT2D eigenvalue weighted by atomic mass is 32.2. The Morgan fingerprint density at radius 1 is 1.20 bits per heavy atom. The van der Waals surface area contributed by atoms with Gasteiger partial charge in [-0.1, -0.05) is 63.7 Å². The van der Waals surface area contributed by atoms with Crippen molar-refractivity contribution in [1.82, 2.24) is 0 Å². The van der Waals surface area contributed by atoms with Crippen molar-refractivity contribution >= 4 is 25.0 Å². The first-order chi connectivity index (χ1) is 9.03. The summed E-state index contributed by atoms with van der Waals surface area (Å²) in [4.78, 5) is 1.37. The molecular weight excluding hydrogens is 276 g/mol. The molecule has 0 amide bonds. The SMILES string of the molecule is C#CC1(C)Sc2ccc([Si](C)(C)C)cc2C(C)C1(C)C. The van der Waals surface area contributed by atoms with Gasteiger partial charge in [-0.15, -0.1) is 18.2 Å². The van der Waals surface area contributed by atoms with E-state index in [-0.39, 0.29) is 10.2 Å². The summed E-state index contributed by atoms with van der Waals surface area (Å²) in [5, 5.41) is 1.55. The van der Waals surface area contributed by atoms with E-state index in [0.29, 0.717) is 5.92 Å². The molecule has 0 radical (unpaired) electrons. The summed E-state index contributed by atoms with van der Waals surface area (Å²) < 4.78 is -0.139. The molecule has 20 heavy (non-hydrogen) atoms. The molecule has 0 aromatic heterocycles. The van der Waals surface area contributed by atoms with Gasteiger partial charge < -0.3 is 0 Å².